The van der Waals surface area contributed by atoms with Gasteiger partial charge in [0, 0.05) is 11.3 Å². The first-order valence-corrected chi connectivity index (χ1v) is 10.5. The first-order valence-electron chi connectivity index (χ1n) is 7.03. The van der Waals surface area contributed by atoms with Gasteiger partial charge >= 0.3 is 0 Å². The van der Waals surface area contributed by atoms with Crippen molar-refractivity contribution in [1.29, 1.82) is 0 Å². The molecule has 0 saturated carbocycles. The molecule has 108 valence electrons. The molecule has 0 atom stereocenters. The Kier molecular flexibility index (Phi) is 4.72. The lowest BCUT2D eigenvalue weighted by molar-refractivity contribution is 0.306. The summed E-state index contributed by atoms with van der Waals surface area (Å²) in [4.78, 5) is 0. The molecule has 2 rings (SSSR count). The number of hydrogen-bond donors (Lipinski definition) is 1. The second kappa shape index (κ2) is 6.51. The van der Waals surface area contributed by atoms with Gasteiger partial charge in [-0.2, -0.15) is 0 Å². The van der Waals surface area contributed by atoms with Crippen LogP contribution in [0.15, 0.2) is 48.5 Å². The van der Waals surface area contributed by atoms with E-state index in [1.165, 1.54) is 0 Å². The van der Waals surface area contributed by atoms with E-state index in [0.29, 0.717) is 6.61 Å². The zero-order valence-electron chi connectivity index (χ0n) is 12.8. The third kappa shape index (κ3) is 5.37. The van der Waals surface area contributed by atoms with Crippen molar-refractivity contribution in [3.63, 3.8) is 0 Å². The quantitative estimate of drug-likeness (QED) is 0.526. The zero-order chi connectivity index (χ0) is 15.3. The summed E-state index contributed by atoms with van der Waals surface area (Å²) in [6, 6.07) is 15.6. The fraction of sp³-hybridized carbons (Fsp3) is 0.222. The molecule has 0 amide bonds. The number of ether oxygens (including phenoxy) is 1. The predicted octanol–water partition coefficient (Wildman–Crippen LogP) is 4.08. The highest BCUT2D eigenvalue weighted by molar-refractivity contribution is 6.83. The molecule has 0 fully saturated rings. The van der Waals surface area contributed by atoms with Crippen molar-refractivity contribution < 1.29 is 4.74 Å². The minimum Gasteiger partial charge on any atom is -0.489 e. The Morgan fingerprint density at radius 1 is 1.05 bits per heavy atom. The summed E-state index contributed by atoms with van der Waals surface area (Å²) in [7, 11) is -1.34. The maximum Gasteiger partial charge on any atom is 0.129 e. The van der Waals surface area contributed by atoms with Gasteiger partial charge in [0.1, 0.15) is 20.4 Å². The Bertz CT molecular complexity index is 660. The average molecular weight is 295 g/mol. The van der Waals surface area contributed by atoms with Gasteiger partial charge in [-0.1, -0.05) is 37.7 Å². The lowest BCUT2D eigenvalue weighted by Crippen LogP contribution is -2.16. The Morgan fingerprint density at radius 3 is 2.43 bits per heavy atom. The smallest absolute Gasteiger partial charge is 0.129 e. The van der Waals surface area contributed by atoms with Crippen LogP contribution in [0.25, 0.3) is 0 Å². The molecule has 21 heavy (non-hydrogen) atoms. The van der Waals surface area contributed by atoms with E-state index in [1.54, 1.807) is 0 Å². The molecular formula is C18H21NOSi. The molecule has 0 unspecified atom stereocenters. The predicted molar refractivity (Wildman–Crippen MR) is 91.9 cm³/mol. The van der Waals surface area contributed by atoms with Gasteiger partial charge in [-0.15, -0.1) is 5.54 Å². The Hall–Kier alpha value is -2.18. The van der Waals surface area contributed by atoms with Crippen LogP contribution in [-0.4, -0.2) is 8.07 Å². The standard InChI is InChI=1S/C18H21NOSi/c1-21(2,3)12-11-15-5-4-6-16(13-15)14-20-18-9-7-17(19)8-10-18/h4-10,13H,14,19H2,1-3H3. The lowest BCUT2D eigenvalue weighted by Gasteiger charge is -2.07. The molecule has 0 spiro atoms. The molecule has 0 bridgehead atoms. The molecule has 0 heterocycles. The van der Waals surface area contributed by atoms with Crippen LogP contribution in [0.4, 0.5) is 5.69 Å². The molecule has 0 aromatic heterocycles. The van der Waals surface area contributed by atoms with E-state index in [9.17, 15) is 0 Å². The first kappa shape index (κ1) is 15.2. The third-order valence-electron chi connectivity index (χ3n) is 2.79. The normalized spacial score (nSPS) is 10.6. The largest absolute Gasteiger partial charge is 0.489 e. The van der Waals surface area contributed by atoms with Crippen LogP contribution in [-0.2, 0) is 6.61 Å². The molecule has 0 saturated heterocycles. The number of rotatable bonds is 3. The summed E-state index contributed by atoms with van der Waals surface area (Å²) in [5.41, 5.74) is 11.9. The van der Waals surface area contributed by atoms with Crippen molar-refractivity contribution in [1.82, 2.24) is 0 Å². The molecule has 0 aliphatic carbocycles. The summed E-state index contributed by atoms with van der Waals surface area (Å²) in [5, 5.41) is 0. The topological polar surface area (TPSA) is 35.2 Å². The van der Waals surface area contributed by atoms with Crippen molar-refractivity contribution in [3.8, 4) is 17.2 Å². The molecule has 0 aliphatic rings. The van der Waals surface area contributed by atoms with Crippen molar-refractivity contribution in [3.05, 3.63) is 59.7 Å². The zero-order valence-corrected chi connectivity index (χ0v) is 13.8. The summed E-state index contributed by atoms with van der Waals surface area (Å²) in [6.07, 6.45) is 0. The molecule has 2 N–H and O–H groups in total. The Labute approximate surface area is 128 Å². The Morgan fingerprint density at radius 2 is 1.76 bits per heavy atom. The van der Waals surface area contributed by atoms with Gasteiger partial charge < -0.3 is 10.5 Å². The van der Waals surface area contributed by atoms with Crippen molar-refractivity contribution >= 4 is 13.8 Å². The Balaban J connectivity index is 2.04. The van der Waals surface area contributed by atoms with Crippen LogP contribution in [0, 0.1) is 11.5 Å². The second-order valence-corrected chi connectivity index (χ2v) is 10.8. The molecule has 3 heteroatoms. The van der Waals surface area contributed by atoms with Gasteiger partial charge in [0.05, 0.1) is 0 Å². The third-order valence-corrected chi connectivity index (χ3v) is 3.67. The lowest BCUT2D eigenvalue weighted by atomic mass is 10.1. The van der Waals surface area contributed by atoms with E-state index >= 15 is 0 Å². The van der Waals surface area contributed by atoms with Gasteiger partial charge in [-0.05, 0) is 42.0 Å². The number of hydrogen-bond acceptors (Lipinski definition) is 2. The van der Waals surface area contributed by atoms with E-state index in [2.05, 4.69) is 43.2 Å². The maximum absolute atomic E-state index is 5.75. The van der Waals surface area contributed by atoms with E-state index in [-0.39, 0.29) is 0 Å². The van der Waals surface area contributed by atoms with Gasteiger partial charge in [0.2, 0.25) is 0 Å². The van der Waals surface area contributed by atoms with Gasteiger partial charge in [-0.25, -0.2) is 0 Å². The monoisotopic (exact) mass is 295 g/mol. The molecule has 2 nitrogen and oxygen atoms in total. The number of nitrogen functional groups attached to an aromatic ring is 1. The molecule has 2 aromatic rings. The van der Waals surface area contributed by atoms with E-state index in [1.807, 2.05) is 36.4 Å². The fourth-order valence-electron chi connectivity index (χ4n) is 1.73. The van der Waals surface area contributed by atoms with Crippen LogP contribution in [0.2, 0.25) is 19.6 Å². The van der Waals surface area contributed by atoms with E-state index < -0.39 is 8.07 Å². The van der Waals surface area contributed by atoms with Crippen LogP contribution in [0.1, 0.15) is 11.1 Å². The highest BCUT2D eigenvalue weighted by atomic mass is 28.3. The average Bonchev–Trinajstić information content (AvgIpc) is 2.44. The van der Waals surface area contributed by atoms with Gasteiger partial charge in [0.15, 0.2) is 0 Å². The first-order chi connectivity index (χ1) is 9.92. The van der Waals surface area contributed by atoms with Gasteiger partial charge in [-0.3, -0.25) is 0 Å². The molecule has 0 aliphatic heterocycles. The second-order valence-electron chi connectivity index (χ2n) is 6.06. The number of nitrogens with two attached hydrogens (primary N) is 1. The number of anilines is 1. The van der Waals surface area contributed by atoms with Crippen molar-refractivity contribution in [2.75, 3.05) is 5.73 Å². The summed E-state index contributed by atoms with van der Waals surface area (Å²) < 4.78 is 5.75. The highest BCUT2D eigenvalue weighted by Crippen LogP contribution is 2.15. The van der Waals surface area contributed by atoms with Crippen LogP contribution in [0.3, 0.4) is 0 Å². The summed E-state index contributed by atoms with van der Waals surface area (Å²) in [5.74, 6) is 4.09. The van der Waals surface area contributed by atoms with E-state index in [0.717, 1.165) is 22.6 Å². The SMILES string of the molecule is C[Si](C)(C)C#Cc1cccc(COc2ccc(N)cc2)c1. The molecular weight excluding hydrogens is 274 g/mol. The number of benzene rings is 2. The van der Waals surface area contributed by atoms with Crippen LogP contribution < -0.4 is 10.5 Å². The van der Waals surface area contributed by atoms with Crippen LogP contribution in [0.5, 0.6) is 5.75 Å². The van der Waals surface area contributed by atoms with Crippen molar-refractivity contribution in [2.24, 2.45) is 0 Å². The maximum atomic E-state index is 5.75. The molecule has 2 aromatic carbocycles. The molecule has 0 radical (unpaired) electrons. The summed E-state index contributed by atoms with van der Waals surface area (Å²) in [6.45, 7) is 7.27. The minimum atomic E-state index is -1.34. The summed E-state index contributed by atoms with van der Waals surface area (Å²) >= 11 is 0. The van der Waals surface area contributed by atoms with Crippen LogP contribution >= 0.6 is 0 Å². The highest BCUT2D eigenvalue weighted by Gasteiger charge is 2.07. The van der Waals surface area contributed by atoms with E-state index in [4.69, 9.17) is 10.5 Å². The minimum absolute atomic E-state index is 0.534. The fourth-order valence-corrected chi connectivity index (χ4v) is 2.25. The van der Waals surface area contributed by atoms with Gasteiger partial charge in [0.25, 0.3) is 0 Å². The van der Waals surface area contributed by atoms with Crippen molar-refractivity contribution in [2.45, 2.75) is 26.2 Å².